The van der Waals surface area contributed by atoms with Crippen LogP contribution in [0.3, 0.4) is 0 Å². The van der Waals surface area contributed by atoms with Crippen LogP contribution in [0.25, 0.3) is 5.82 Å². The molecule has 0 atom stereocenters. The summed E-state index contributed by atoms with van der Waals surface area (Å²) in [5.74, 6) is 1.32. The maximum absolute atomic E-state index is 12.4. The first-order valence-electron chi connectivity index (χ1n) is 9.73. The summed E-state index contributed by atoms with van der Waals surface area (Å²) in [6, 6.07) is 10.7. The minimum absolute atomic E-state index is 0.0239. The minimum Gasteiger partial charge on any atom is -0.395 e. The molecule has 9 heteroatoms. The van der Waals surface area contributed by atoms with E-state index in [2.05, 4.69) is 46.7 Å². The predicted octanol–water partition coefficient (Wildman–Crippen LogP) is 2.69. The third kappa shape index (κ3) is 5.54. The van der Waals surface area contributed by atoms with Crippen molar-refractivity contribution in [1.82, 2.24) is 25.1 Å². The van der Waals surface area contributed by atoms with E-state index >= 15 is 0 Å². The number of anilines is 2. The Morgan fingerprint density at radius 3 is 2.63 bits per heavy atom. The zero-order valence-electron chi connectivity index (χ0n) is 17.4. The molecule has 3 aromatic rings. The second kappa shape index (κ2) is 9.36. The van der Waals surface area contributed by atoms with E-state index in [1.807, 2.05) is 24.3 Å². The van der Waals surface area contributed by atoms with Gasteiger partial charge in [0.2, 0.25) is 0 Å². The molecule has 3 aromatic heterocycles. The molecule has 9 nitrogen and oxygen atoms in total. The van der Waals surface area contributed by atoms with Crippen LogP contribution in [0.2, 0.25) is 0 Å². The first kappa shape index (κ1) is 21.3. The van der Waals surface area contributed by atoms with Crippen LogP contribution in [-0.4, -0.2) is 44.0 Å². The number of carbonyl (C=O) groups excluding carboxylic acids is 1. The van der Waals surface area contributed by atoms with Crippen molar-refractivity contribution in [3.05, 3.63) is 60.2 Å². The van der Waals surface area contributed by atoms with E-state index in [0.717, 1.165) is 11.4 Å². The van der Waals surface area contributed by atoms with Crippen LogP contribution in [-0.2, 0) is 12.0 Å². The zero-order chi connectivity index (χ0) is 21.6. The highest BCUT2D eigenvalue weighted by atomic mass is 16.3. The molecule has 0 spiro atoms. The number of aliphatic hydroxyl groups excluding tert-OH is 1. The molecule has 0 aliphatic rings. The summed E-state index contributed by atoms with van der Waals surface area (Å²) < 4.78 is 1.75. The third-order valence-corrected chi connectivity index (χ3v) is 4.29. The van der Waals surface area contributed by atoms with Crippen LogP contribution in [0.4, 0.5) is 16.3 Å². The lowest BCUT2D eigenvalue weighted by molar-refractivity contribution is 0.251. The number of aliphatic hydroxyl groups is 1. The number of nitrogens with zero attached hydrogens (tertiary/aromatic N) is 4. The van der Waals surface area contributed by atoms with E-state index in [9.17, 15) is 4.79 Å². The van der Waals surface area contributed by atoms with Crippen molar-refractivity contribution >= 4 is 17.5 Å². The minimum atomic E-state index is -0.348. The Bertz CT molecular complexity index is 963. The van der Waals surface area contributed by atoms with E-state index < -0.39 is 0 Å². The third-order valence-electron chi connectivity index (χ3n) is 4.29. The lowest BCUT2D eigenvalue weighted by Gasteiger charge is -2.14. The highest BCUT2D eigenvalue weighted by Crippen LogP contribution is 2.23. The fraction of sp³-hybridized carbons (Fsp3) is 0.333. The van der Waals surface area contributed by atoms with Gasteiger partial charge in [0.15, 0.2) is 5.82 Å². The first-order chi connectivity index (χ1) is 14.4. The summed E-state index contributed by atoms with van der Waals surface area (Å²) in [6.45, 7) is 7.00. The lowest BCUT2D eigenvalue weighted by Crippen LogP contribution is -2.29. The smallest absolute Gasteiger partial charge is 0.319 e. The Hall–Kier alpha value is -3.46. The predicted molar refractivity (Wildman–Crippen MR) is 116 cm³/mol. The van der Waals surface area contributed by atoms with E-state index in [1.54, 1.807) is 29.2 Å². The van der Waals surface area contributed by atoms with Gasteiger partial charge in [-0.05, 0) is 30.3 Å². The topological polar surface area (TPSA) is 117 Å². The van der Waals surface area contributed by atoms with Crippen molar-refractivity contribution in [2.45, 2.75) is 32.7 Å². The van der Waals surface area contributed by atoms with Gasteiger partial charge in [-0.15, -0.1) is 0 Å². The Kier molecular flexibility index (Phi) is 6.63. The van der Waals surface area contributed by atoms with Crippen molar-refractivity contribution in [2.24, 2.45) is 0 Å². The van der Waals surface area contributed by atoms with Crippen LogP contribution in [0, 0.1) is 0 Å². The molecular formula is C21H27N7O2. The molecule has 0 aliphatic heterocycles. The molecule has 0 saturated carbocycles. The Labute approximate surface area is 175 Å². The molecule has 3 heterocycles. The van der Waals surface area contributed by atoms with Crippen LogP contribution in [0.1, 0.15) is 32.2 Å². The Morgan fingerprint density at radius 2 is 2.00 bits per heavy atom. The highest BCUT2D eigenvalue weighted by molar-refractivity contribution is 5.89. The summed E-state index contributed by atoms with van der Waals surface area (Å²) in [7, 11) is 0. The number of hydrogen-bond acceptors (Lipinski definition) is 6. The van der Waals surface area contributed by atoms with Gasteiger partial charge >= 0.3 is 6.03 Å². The molecule has 0 aliphatic carbocycles. The molecule has 0 aromatic carbocycles. The first-order valence-corrected chi connectivity index (χ1v) is 9.73. The maximum Gasteiger partial charge on any atom is 0.319 e. The van der Waals surface area contributed by atoms with Crippen molar-refractivity contribution < 1.29 is 9.90 Å². The van der Waals surface area contributed by atoms with Gasteiger partial charge in [-0.3, -0.25) is 0 Å². The number of pyridine rings is 2. The summed E-state index contributed by atoms with van der Waals surface area (Å²) >= 11 is 0. The molecule has 0 radical (unpaired) electrons. The monoisotopic (exact) mass is 409 g/mol. The van der Waals surface area contributed by atoms with Crippen molar-refractivity contribution in [2.75, 3.05) is 23.8 Å². The van der Waals surface area contributed by atoms with Crippen molar-refractivity contribution in [3.8, 4) is 5.82 Å². The van der Waals surface area contributed by atoms with E-state index in [1.165, 1.54) is 0 Å². The number of urea groups is 1. The summed E-state index contributed by atoms with van der Waals surface area (Å²) in [6.07, 6.45) is 3.26. The second-order valence-electron chi connectivity index (χ2n) is 7.76. The Morgan fingerprint density at radius 1 is 1.17 bits per heavy atom. The number of amides is 2. The molecule has 0 fully saturated rings. The fourth-order valence-corrected chi connectivity index (χ4v) is 2.69. The van der Waals surface area contributed by atoms with Crippen LogP contribution in [0.5, 0.6) is 0 Å². The number of aromatic nitrogens is 4. The second-order valence-corrected chi connectivity index (χ2v) is 7.76. The summed E-state index contributed by atoms with van der Waals surface area (Å²) in [5.41, 5.74) is 2.18. The van der Waals surface area contributed by atoms with E-state index in [0.29, 0.717) is 23.9 Å². The molecule has 158 valence electrons. The van der Waals surface area contributed by atoms with Gasteiger partial charge in [-0.1, -0.05) is 26.8 Å². The molecule has 0 saturated heterocycles. The SMILES string of the molecule is CC(C)(C)c1cc(CNC(=O)Nc2ccc(NCCO)nc2)n(-c2ccccn2)n1. The van der Waals surface area contributed by atoms with Gasteiger partial charge in [-0.2, -0.15) is 5.10 Å². The molecular weight excluding hydrogens is 382 g/mol. The molecule has 30 heavy (non-hydrogen) atoms. The van der Waals surface area contributed by atoms with E-state index in [4.69, 9.17) is 10.2 Å². The van der Waals surface area contributed by atoms with Gasteiger partial charge in [0.1, 0.15) is 5.82 Å². The lowest BCUT2D eigenvalue weighted by atomic mass is 9.92. The summed E-state index contributed by atoms with van der Waals surface area (Å²) in [4.78, 5) is 20.9. The molecule has 0 unspecified atom stereocenters. The zero-order valence-corrected chi connectivity index (χ0v) is 17.4. The van der Waals surface area contributed by atoms with Gasteiger partial charge in [0.25, 0.3) is 0 Å². The van der Waals surface area contributed by atoms with Gasteiger partial charge in [0, 0.05) is 18.2 Å². The average Bonchev–Trinajstić information content (AvgIpc) is 3.17. The van der Waals surface area contributed by atoms with E-state index in [-0.39, 0.29) is 24.6 Å². The number of carbonyl (C=O) groups is 1. The van der Waals surface area contributed by atoms with Crippen molar-refractivity contribution in [1.29, 1.82) is 0 Å². The van der Waals surface area contributed by atoms with Gasteiger partial charge < -0.3 is 21.1 Å². The normalized spacial score (nSPS) is 11.2. The van der Waals surface area contributed by atoms with Gasteiger partial charge in [-0.25, -0.2) is 19.4 Å². The number of hydrogen-bond donors (Lipinski definition) is 4. The van der Waals surface area contributed by atoms with Crippen LogP contribution >= 0.6 is 0 Å². The number of rotatable bonds is 7. The quantitative estimate of drug-likeness (QED) is 0.477. The molecule has 0 bridgehead atoms. The van der Waals surface area contributed by atoms with Crippen molar-refractivity contribution in [3.63, 3.8) is 0 Å². The maximum atomic E-state index is 12.4. The summed E-state index contributed by atoms with van der Waals surface area (Å²) in [5, 5.41) is 22.1. The highest BCUT2D eigenvalue weighted by Gasteiger charge is 2.21. The fourth-order valence-electron chi connectivity index (χ4n) is 2.69. The van der Waals surface area contributed by atoms with Crippen LogP contribution in [0.15, 0.2) is 48.8 Å². The van der Waals surface area contributed by atoms with Crippen LogP contribution < -0.4 is 16.0 Å². The molecule has 3 rings (SSSR count). The van der Waals surface area contributed by atoms with Gasteiger partial charge in [0.05, 0.1) is 36.4 Å². The standard InChI is InChI=1S/C21H27N7O2/c1-21(2,3)17-12-16(28(27-17)19-6-4-5-9-23-19)14-25-20(30)26-15-7-8-18(24-13-15)22-10-11-29/h4-9,12-13,29H,10-11,14H2,1-3H3,(H,22,24)(H2,25,26,30). The Balaban J connectivity index is 1.67. The largest absolute Gasteiger partial charge is 0.395 e. The average molecular weight is 409 g/mol. The molecule has 4 N–H and O–H groups in total. The number of nitrogens with one attached hydrogen (secondary N) is 3. The molecule has 2 amide bonds.